The van der Waals surface area contributed by atoms with Gasteiger partial charge in [-0.2, -0.15) is 0 Å². The molecule has 7 nitrogen and oxygen atoms in total. The Morgan fingerprint density at radius 1 is 1.09 bits per heavy atom. The smallest absolute Gasteiger partial charge is 0.295 e. The number of carbonyl (C=O) groups excluding carboxylic acids is 2. The Bertz CT molecular complexity index is 1050. The van der Waals surface area contributed by atoms with Crippen molar-refractivity contribution in [1.29, 1.82) is 0 Å². The molecule has 0 bridgehead atoms. The monoisotopic (exact) mass is 457 g/mol. The molecular formula is C24H28ClN3O4. The summed E-state index contributed by atoms with van der Waals surface area (Å²) in [6, 6.07) is 11.6. The molecule has 1 N–H and O–H groups in total. The molecule has 1 fully saturated rings. The molecule has 1 unspecified atom stereocenters. The van der Waals surface area contributed by atoms with Gasteiger partial charge < -0.3 is 24.5 Å². The molecule has 3 rings (SSSR count). The Balaban J connectivity index is 2.18. The minimum absolute atomic E-state index is 0.0153. The summed E-state index contributed by atoms with van der Waals surface area (Å²) in [5.74, 6) is -1.22. The third-order valence-corrected chi connectivity index (χ3v) is 5.81. The molecule has 1 aliphatic rings. The van der Waals surface area contributed by atoms with Crippen LogP contribution < -0.4 is 9.64 Å². The van der Waals surface area contributed by atoms with E-state index in [1.54, 1.807) is 18.2 Å². The van der Waals surface area contributed by atoms with Crippen molar-refractivity contribution in [2.75, 3.05) is 53.3 Å². The highest BCUT2D eigenvalue weighted by Gasteiger charge is 2.46. The number of rotatable bonds is 7. The van der Waals surface area contributed by atoms with Crippen molar-refractivity contribution in [2.24, 2.45) is 0 Å². The second kappa shape index (κ2) is 9.63. The van der Waals surface area contributed by atoms with Gasteiger partial charge in [0.25, 0.3) is 11.7 Å². The van der Waals surface area contributed by atoms with Crippen molar-refractivity contribution in [3.05, 3.63) is 64.2 Å². The number of halogens is 1. The second-order valence-electron chi connectivity index (χ2n) is 8.13. The average molecular weight is 458 g/mol. The number of ether oxygens (including phenoxy) is 1. The van der Waals surface area contributed by atoms with E-state index in [1.807, 2.05) is 62.3 Å². The molecule has 0 aliphatic carbocycles. The standard InChI is InChI=1S/C24H28ClN3O4/c1-26(2)12-13-28-21(15-6-8-16(9-7-15)27(3)4)20(23(30)24(28)31)22(29)18-14-17(32-5)10-11-19(18)25/h6-11,14,21,29H,12-13H2,1-5H3/b22-20+. The summed E-state index contributed by atoms with van der Waals surface area (Å²) < 4.78 is 5.24. The molecule has 0 radical (unpaired) electrons. The first-order valence-corrected chi connectivity index (χ1v) is 10.6. The van der Waals surface area contributed by atoms with Crippen molar-refractivity contribution < 1.29 is 19.4 Å². The molecule has 2 aromatic carbocycles. The molecule has 2 aromatic rings. The maximum Gasteiger partial charge on any atom is 0.295 e. The number of ketones is 1. The summed E-state index contributed by atoms with van der Waals surface area (Å²) in [4.78, 5) is 31.5. The first-order valence-electron chi connectivity index (χ1n) is 10.2. The van der Waals surface area contributed by atoms with Gasteiger partial charge in [-0.3, -0.25) is 9.59 Å². The third-order valence-electron chi connectivity index (χ3n) is 5.48. The first kappa shape index (κ1) is 23.6. The Kier molecular flexibility index (Phi) is 7.11. The van der Waals surface area contributed by atoms with Crippen LogP contribution in [0.4, 0.5) is 5.69 Å². The zero-order chi connectivity index (χ0) is 23.6. The SMILES string of the molecule is COc1ccc(Cl)c(/C(O)=C2\C(=O)C(=O)N(CCN(C)C)C2c2ccc(N(C)C)cc2)c1. The number of nitrogens with zero attached hydrogens (tertiary/aromatic N) is 3. The highest BCUT2D eigenvalue weighted by atomic mass is 35.5. The molecule has 0 saturated carbocycles. The van der Waals surface area contributed by atoms with Gasteiger partial charge in [0.2, 0.25) is 0 Å². The number of Topliss-reactive ketones (excluding diaryl/α,β-unsaturated/α-hetero) is 1. The summed E-state index contributed by atoms with van der Waals surface area (Å²) in [5.41, 5.74) is 1.97. The first-order chi connectivity index (χ1) is 15.1. The lowest BCUT2D eigenvalue weighted by molar-refractivity contribution is -0.140. The van der Waals surface area contributed by atoms with Crippen molar-refractivity contribution >= 4 is 34.7 Å². The molecule has 170 valence electrons. The molecule has 1 amide bonds. The van der Waals surface area contributed by atoms with Crippen LogP contribution in [0, 0.1) is 0 Å². The maximum atomic E-state index is 13.1. The van der Waals surface area contributed by atoms with E-state index >= 15 is 0 Å². The molecule has 0 spiro atoms. The van der Waals surface area contributed by atoms with Crippen LogP contribution in [0.15, 0.2) is 48.0 Å². The summed E-state index contributed by atoms with van der Waals surface area (Å²) in [6.07, 6.45) is 0. The van der Waals surface area contributed by atoms with Crippen LogP contribution in [0.1, 0.15) is 17.2 Å². The normalized spacial score (nSPS) is 17.8. The largest absolute Gasteiger partial charge is 0.507 e. The molecule has 8 heteroatoms. The van der Waals surface area contributed by atoms with Gasteiger partial charge in [-0.25, -0.2) is 0 Å². The lowest BCUT2D eigenvalue weighted by atomic mass is 9.95. The van der Waals surface area contributed by atoms with Gasteiger partial charge in [0, 0.05) is 38.4 Å². The van der Waals surface area contributed by atoms with E-state index in [2.05, 4.69) is 0 Å². The van der Waals surface area contributed by atoms with Gasteiger partial charge in [0.1, 0.15) is 11.5 Å². The number of amides is 1. The van der Waals surface area contributed by atoms with Crippen LogP contribution in [0.3, 0.4) is 0 Å². The van der Waals surface area contributed by atoms with Crippen LogP contribution in [-0.2, 0) is 9.59 Å². The lowest BCUT2D eigenvalue weighted by Gasteiger charge is -2.27. The van der Waals surface area contributed by atoms with Crippen LogP contribution in [0.25, 0.3) is 5.76 Å². The quantitative estimate of drug-likeness (QED) is 0.390. The van der Waals surface area contributed by atoms with Gasteiger partial charge in [-0.1, -0.05) is 23.7 Å². The van der Waals surface area contributed by atoms with E-state index in [9.17, 15) is 14.7 Å². The zero-order valence-corrected chi connectivity index (χ0v) is 19.7. The molecule has 1 heterocycles. The molecular weight excluding hydrogens is 430 g/mol. The fraction of sp³-hybridized carbons (Fsp3) is 0.333. The van der Waals surface area contributed by atoms with Crippen LogP contribution in [0.2, 0.25) is 5.02 Å². The molecule has 1 aliphatic heterocycles. The highest BCUT2D eigenvalue weighted by Crippen LogP contribution is 2.41. The summed E-state index contributed by atoms with van der Waals surface area (Å²) in [7, 11) is 9.16. The second-order valence-corrected chi connectivity index (χ2v) is 8.53. The minimum Gasteiger partial charge on any atom is -0.507 e. The van der Waals surface area contributed by atoms with Crippen molar-refractivity contribution in [3.63, 3.8) is 0 Å². The fourth-order valence-corrected chi connectivity index (χ4v) is 3.88. The van der Waals surface area contributed by atoms with Crippen molar-refractivity contribution in [2.45, 2.75) is 6.04 Å². The number of methoxy groups -OCH3 is 1. The minimum atomic E-state index is -0.734. The van der Waals surface area contributed by atoms with E-state index < -0.39 is 17.7 Å². The number of likely N-dealkylation sites (tertiary alicyclic amines) is 1. The number of likely N-dealkylation sites (N-methyl/N-ethyl adjacent to an activating group) is 1. The van der Waals surface area contributed by atoms with E-state index in [0.717, 1.165) is 11.3 Å². The fourth-order valence-electron chi connectivity index (χ4n) is 3.68. The van der Waals surface area contributed by atoms with Crippen molar-refractivity contribution in [3.8, 4) is 5.75 Å². The topological polar surface area (TPSA) is 73.3 Å². The van der Waals surface area contributed by atoms with E-state index in [1.165, 1.54) is 12.0 Å². The predicted molar refractivity (Wildman–Crippen MR) is 126 cm³/mol. The third kappa shape index (κ3) is 4.59. The van der Waals surface area contributed by atoms with Gasteiger partial charge in [0.15, 0.2) is 0 Å². The number of anilines is 1. The summed E-state index contributed by atoms with van der Waals surface area (Å²) in [6.45, 7) is 0.902. The Hall–Kier alpha value is -3.03. The van der Waals surface area contributed by atoms with E-state index in [0.29, 0.717) is 18.8 Å². The number of benzene rings is 2. The Labute approximate surface area is 193 Å². The number of carbonyl (C=O) groups is 2. The van der Waals surface area contributed by atoms with Crippen molar-refractivity contribution in [1.82, 2.24) is 9.80 Å². The Morgan fingerprint density at radius 3 is 2.31 bits per heavy atom. The molecule has 1 saturated heterocycles. The number of hydrogen-bond acceptors (Lipinski definition) is 6. The molecule has 0 aromatic heterocycles. The number of hydrogen-bond donors (Lipinski definition) is 1. The van der Waals surface area contributed by atoms with E-state index in [4.69, 9.17) is 16.3 Å². The molecule has 1 atom stereocenters. The number of aliphatic hydroxyl groups is 1. The molecule has 32 heavy (non-hydrogen) atoms. The van der Waals surface area contributed by atoms with E-state index in [-0.39, 0.29) is 21.9 Å². The lowest BCUT2D eigenvalue weighted by Crippen LogP contribution is -2.35. The van der Waals surface area contributed by atoms with Crippen LogP contribution >= 0.6 is 11.6 Å². The summed E-state index contributed by atoms with van der Waals surface area (Å²) >= 11 is 6.33. The maximum absolute atomic E-state index is 13.1. The van der Waals surface area contributed by atoms with Gasteiger partial charge in [-0.05, 0) is 50.0 Å². The summed E-state index contributed by atoms with van der Waals surface area (Å²) in [5, 5.41) is 11.5. The zero-order valence-electron chi connectivity index (χ0n) is 18.9. The van der Waals surface area contributed by atoms with Gasteiger partial charge in [0.05, 0.1) is 23.7 Å². The highest BCUT2D eigenvalue weighted by molar-refractivity contribution is 6.47. The van der Waals surface area contributed by atoms with Gasteiger partial charge >= 0.3 is 0 Å². The van der Waals surface area contributed by atoms with Gasteiger partial charge in [-0.15, -0.1) is 0 Å². The van der Waals surface area contributed by atoms with Crippen LogP contribution in [-0.4, -0.2) is 75.0 Å². The number of aliphatic hydroxyl groups excluding tert-OH is 1. The average Bonchev–Trinajstić information content (AvgIpc) is 3.02. The van der Waals surface area contributed by atoms with Crippen LogP contribution in [0.5, 0.6) is 5.75 Å². The Morgan fingerprint density at radius 2 is 1.75 bits per heavy atom. The predicted octanol–water partition coefficient (Wildman–Crippen LogP) is 3.40.